The lowest BCUT2D eigenvalue weighted by Gasteiger charge is -2.09. The Morgan fingerprint density at radius 2 is 2.00 bits per heavy atom. The van der Waals surface area contributed by atoms with Crippen molar-refractivity contribution in [2.24, 2.45) is 0 Å². The Balaban J connectivity index is 1.31. The van der Waals surface area contributed by atoms with Crippen LogP contribution in [0.4, 0.5) is 0 Å². The average molecular weight is 445 g/mol. The van der Waals surface area contributed by atoms with Crippen molar-refractivity contribution in [3.63, 3.8) is 0 Å². The minimum atomic E-state index is -0.413. The first-order valence-electron chi connectivity index (χ1n) is 10.1. The Kier molecular flexibility index (Phi) is 5.16. The van der Waals surface area contributed by atoms with E-state index in [0.29, 0.717) is 28.8 Å². The standard InChI is InChI=1S/C23H20N6O2S/c1-14-9-18(19-12-25-29(22(19)26-14)13-16-5-4-8-32-16)23(31)28-27-21(30)10-15-11-24-20-7-3-2-6-17(15)20/h2-9,11-12,24H,10,13H2,1H3,(H,27,30)(H,28,31). The van der Waals surface area contributed by atoms with E-state index in [9.17, 15) is 9.59 Å². The number of benzene rings is 1. The third kappa shape index (κ3) is 3.85. The van der Waals surface area contributed by atoms with Crippen LogP contribution in [-0.4, -0.2) is 31.6 Å². The van der Waals surface area contributed by atoms with Crippen molar-refractivity contribution in [1.29, 1.82) is 0 Å². The monoisotopic (exact) mass is 444 g/mol. The molecule has 8 nitrogen and oxygen atoms in total. The van der Waals surface area contributed by atoms with Gasteiger partial charge in [-0.3, -0.25) is 20.4 Å². The number of nitrogens with zero attached hydrogens (tertiary/aromatic N) is 3. The summed E-state index contributed by atoms with van der Waals surface area (Å²) in [7, 11) is 0. The molecule has 1 aromatic carbocycles. The zero-order valence-electron chi connectivity index (χ0n) is 17.3. The van der Waals surface area contributed by atoms with Crippen molar-refractivity contribution >= 4 is 45.1 Å². The number of hydrogen-bond acceptors (Lipinski definition) is 5. The normalized spacial score (nSPS) is 11.2. The van der Waals surface area contributed by atoms with Gasteiger partial charge in [0.15, 0.2) is 5.65 Å². The Labute approximate surface area is 187 Å². The zero-order chi connectivity index (χ0) is 22.1. The summed E-state index contributed by atoms with van der Waals surface area (Å²) in [5.41, 5.74) is 8.61. The van der Waals surface area contributed by atoms with Crippen LogP contribution in [0.2, 0.25) is 0 Å². The lowest BCUT2D eigenvalue weighted by atomic mass is 10.1. The van der Waals surface area contributed by atoms with E-state index in [-0.39, 0.29) is 12.3 Å². The molecule has 0 saturated heterocycles. The zero-order valence-corrected chi connectivity index (χ0v) is 18.1. The molecule has 4 heterocycles. The van der Waals surface area contributed by atoms with Gasteiger partial charge in [0.2, 0.25) is 5.91 Å². The number of rotatable bonds is 5. The van der Waals surface area contributed by atoms with E-state index in [1.54, 1.807) is 28.3 Å². The number of hydrazine groups is 1. The number of H-pyrrole nitrogens is 1. The highest BCUT2D eigenvalue weighted by atomic mass is 32.1. The quantitative estimate of drug-likeness (QED) is 0.362. The second kappa shape index (κ2) is 8.27. The molecular weight excluding hydrogens is 424 g/mol. The maximum atomic E-state index is 12.9. The molecule has 0 aliphatic carbocycles. The van der Waals surface area contributed by atoms with E-state index in [1.165, 1.54) is 0 Å². The molecule has 0 atom stereocenters. The first kappa shape index (κ1) is 20.0. The number of nitrogens with one attached hydrogen (secondary N) is 3. The molecule has 5 rings (SSSR count). The van der Waals surface area contributed by atoms with Gasteiger partial charge in [-0.2, -0.15) is 5.10 Å². The van der Waals surface area contributed by atoms with E-state index >= 15 is 0 Å². The van der Waals surface area contributed by atoms with Crippen LogP contribution in [-0.2, 0) is 17.8 Å². The van der Waals surface area contributed by atoms with Gasteiger partial charge in [-0.15, -0.1) is 11.3 Å². The molecule has 0 aliphatic heterocycles. The van der Waals surface area contributed by atoms with Gasteiger partial charge in [-0.1, -0.05) is 24.3 Å². The van der Waals surface area contributed by atoms with Crippen LogP contribution in [0, 0.1) is 6.92 Å². The van der Waals surface area contributed by atoms with Crippen molar-refractivity contribution in [1.82, 2.24) is 30.6 Å². The molecule has 0 bridgehead atoms. The minimum Gasteiger partial charge on any atom is -0.361 e. The number of carbonyl (C=O) groups excluding carboxylic acids is 2. The largest absolute Gasteiger partial charge is 0.361 e. The first-order chi connectivity index (χ1) is 15.6. The van der Waals surface area contributed by atoms with Gasteiger partial charge >= 0.3 is 0 Å². The lowest BCUT2D eigenvalue weighted by Crippen LogP contribution is -2.42. The van der Waals surface area contributed by atoms with Gasteiger partial charge in [0.1, 0.15) is 0 Å². The molecule has 4 aromatic heterocycles. The molecule has 32 heavy (non-hydrogen) atoms. The number of carbonyl (C=O) groups is 2. The third-order valence-electron chi connectivity index (χ3n) is 5.21. The van der Waals surface area contributed by atoms with Crippen molar-refractivity contribution in [2.45, 2.75) is 19.9 Å². The summed E-state index contributed by atoms with van der Waals surface area (Å²) < 4.78 is 1.78. The molecule has 9 heteroatoms. The molecule has 0 unspecified atom stereocenters. The molecule has 0 radical (unpaired) electrons. The second-order valence-electron chi connectivity index (χ2n) is 7.47. The summed E-state index contributed by atoms with van der Waals surface area (Å²) in [6.07, 6.45) is 3.59. The highest BCUT2D eigenvalue weighted by Gasteiger charge is 2.17. The maximum Gasteiger partial charge on any atom is 0.270 e. The highest BCUT2D eigenvalue weighted by Crippen LogP contribution is 2.21. The van der Waals surface area contributed by atoms with Crippen LogP contribution >= 0.6 is 11.3 Å². The van der Waals surface area contributed by atoms with E-state index in [2.05, 4.69) is 25.9 Å². The van der Waals surface area contributed by atoms with Crippen molar-refractivity contribution < 1.29 is 9.59 Å². The molecule has 160 valence electrons. The fourth-order valence-corrected chi connectivity index (χ4v) is 4.40. The Morgan fingerprint density at radius 3 is 2.84 bits per heavy atom. The fraction of sp³-hybridized carbons (Fsp3) is 0.130. The molecule has 0 fully saturated rings. The van der Waals surface area contributed by atoms with Crippen LogP contribution in [0.1, 0.15) is 26.5 Å². The summed E-state index contributed by atoms with van der Waals surface area (Å²) in [5.74, 6) is -0.720. The Morgan fingerprint density at radius 1 is 1.12 bits per heavy atom. The first-order valence-corrected chi connectivity index (χ1v) is 11.0. The highest BCUT2D eigenvalue weighted by molar-refractivity contribution is 7.09. The van der Waals surface area contributed by atoms with Crippen LogP contribution in [0.5, 0.6) is 0 Å². The molecule has 2 amide bonds. The van der Waals surface area contributed by atoms with Gasteiger partial charge in [0.25, 0.3) is 5.91 Å². The number of para-hydroxylation sites is 1. The average Bonchev–Trinajstić information content (AvgIpc) is 3.53. The molecule has 0 spiro atoms. The van der Waals surface area contributed by atoms with Crippen molar-refractivity contribution in [3.8, 4) is 0 Å². The smallest absolute Gasteiger partial charge is 0.270 e. The molecule has 5 aromatic rings. The Hall–Kier alpha value is -3.98. The third-order valence-corrected chi connectivity index (χ3v) is 6.07. The topological polar surface area (TPSA) is 105 Å². The van der Waals surface area contributed by atoms with Gasteiger partial charge in [-0.25, -0.2) is 9.67 Å². The molecule has 0 aliphatic rings. The maximum absolute atomic E-state index is 12.9. The van der Waals surface area contributed by atoms with Gasteiger partial charge in [0, 0.05) is 27.7 Å². The summed E-state index contributed by atoms with van der Waals surface area (Å²) in [5, 5.41) is 8.05. The summed E-state index contributed by atoms with van der Waals surface area (Å²) >= 11 is 1.64. The molecular formula is C23H20N6O2S. The van der Waals surface area contributed by atoms with Crippen molar-refractivity contribution in [3.05, 3.63) is 81.9 Å². The number of amides is 2. The van der Waals surface area contributed by atoms with Crippen LogP contribution in [0.25, 0.3) is 21.9 Å². The predicted molar refractivity (Wildman–Crippen MR) is 123 cm³/mol. The number of pyridine rings is 1. The molecule has 3 N–H and O–H groups in total. The molecule has 0 saturated carbocycles. The number of fused-ring (bicyclic) bond motifs is 2. The summed E-state index contributed by atoms with van der Waals surface area (Å²) in [4.78, 5) is 34.2. The fourth-order valence-electron chi connectivity index (χ4n) is 3.72. The number of aromatic nitrogens is 4. The van der Waals surface area contributed by atoms with Crippen molar-refractivity contribution in [2.75, 3.05) is 0 Å². The SMILES string of the molecule is Cc1cc(C(=O)NNC(=O)Cc2c[nH]c3ccccc23)c2cnn(Cc3cccs3)c2n1. The lowest BCUT2D eigenvalue weighted by molar-refractivity contribution is -0.121. The van der Waals surface area contributed by atoms with E-state index < -0.39 is 5.91 Å². The van der Waals surface area contributed by atoms with E-state index in [1.807, 2.05) is 54.9 Å². The van der Waals surface area contributed by atoms with Gasteiger partial charge in [0.05, 0.1) is 30.1 Å². The Bertz CT molecular complexity index is 1430. The number of aromatic amines is 1. The number of hydrogen-bond donors (Lipinski definition) is 3. The van der Waals surface area contributed by atoms with E-state index in [0.717, 1.165) is 21.3 Å². The van der Waals surface area contributed by atoms with Crippen LogP contribution in [0.15, 0.2) is 60.2 Å². The van der Waals surface area contributed by atoms with Gasteiger partial charge in [-0.05, 0) is 36.1 Å². The van der Waals surface area contributed by atoms with Crippen LogP contribution < -0.4 is 10.9 Å². The second-order valence-corrected chi connectivity index (χ2v) is 8.50. The van der Waals surface area contributed by atoms with E-state index in [4.69, 9.17) is 0 Å². The number of thiophene rings is 1. The van der Waals surface area contributed by atoms with Gasteiger partial charge < -0.3 is 4.98 Å². The minimum absolute atomic E-state index is 0.147. The summed E-state index contributed by atoms with van der Waals surface area (Å²) in [6.45, 7) is 2.41. The number of aryl methyl sites for hydroxylation is 1. The summed E-state index contributed by atoms with van der Waals surface area (Å²) in [6, 6.07) is 13.5. The predicted octanol–water partition coefficient (Wildman–Crippen LogP) is 3.33. The van der Waals surface area contributed by atoms with Crippen LogP contribution in [0.3, 0.4) is 0 Å².